The molecule has 1 fully saturated rings. The van der Waals surface area contributed by atoms with E-state index in [1.165, 1.54) is 26.4 Å². The molecule has 1 saturated heterocycles. The highest BCUT2D eigenvalue weighted by Gasteiger charge is 2.60. The minimum Gasteiger partial charge on any atom is -0.496 e. The van der Waals surface area contributed by atoms with E-state index in [2.05, 4.69) is 5.32 Å². The zero-order valence-corrected chi connectivity index (χ0v) is 17.9. The number of halogens is 1. The van der Waals surface area contributed by atoms with Gasteiger partial charge in [0.2, 0.25) is 17.2 Å². The van der Waals surface area contributed by atoms with Gasteiger partial charge in [0, 0.05) is 35.3 Å². The second-order valence-electron chi connectivity index (χ2n) is 7.46. The molecular weight excluding hydrogens is 418 g/mol. The normalized spacial score (nSPS) is 30.8. The Labute approximate surface area is 177 Å². The number of Topliss-reactive ketones (excluding diaryl/α,β-unsaturated/α-hetero) is 1. The summed E-state index contributed by atoms with van der Waals surface area (Å²) in [5.41, 5.74) is -0.826. The van der Waals surface area contributed by atoms with Crippen molar-refractivity contribution in [1.29, 1.82) is 0 Å². The number of ether oxygens (including phenoxy) is 3. The highest BCUT2D eigenvalue weighted by atomic mass is 35.5. The standard InChI is InChI=1S/C20H22ClNO6S/c1-9-4-10(22-11-7-29-8-12(11)23)5-15(24)20(9)19(25)16-13(26-2)6-14(27-3)17(21)18(16)28-20/h5-6,9,11-12,22-23H,4,7-8H2,1-3H3/t9-,11+,12+,20+/m1/s1. The number of hydrogen-bond acceptors (Lipinski definition) is 8. The van der Waals surface area contributed by atoms with Crippen molar-refractivity contribution < 1.29 is 28.9 Å². The molecule has 4 atom stereocenters. The fraction of sp³-hybridized carbons (Fsp3) is 0.500. The maximum Gasteiger partial charge on any atom is 0.236 e. The topological polar surface area (TPSA) is 94.1 Å². The second kappa shape index (κ2) is 7.41. The third-order valence-corrected chi connectivity index (χ3v) is 7.26. The molecular formula is C20H22ClNO6S. The van der Waals surface area contributed by atoms with Crippen LogP contribution in [0.25, 0.3) is 0 Å². The zero-order valence-electron chi connectivity index (χ0n) is 16.3. The Hall–Kier alpha value is -1.90. The van der Waals surface area contributed by atoms with Crippen molar-refractivity contribution in [3.05, 3.63) is 28.4 Å². The lowest BCUT2D eigenvalue weighted by Gasteiger charge is -2.36. The molecule has 0 aromatic heterocycles. The number of allylic oxidation sites excluding steroid dienone is 1. The van der Waals surface area contributed by atoms with E-state index in [9.17, 15) is 14.7 Å². The Morgan fingerprint density at radius 3 is 2.59 bits per heavy atom. The van der Waals surface area contributed by atoms with Gasteiger partial charge < -0.3 is 24.6 Å². The lowest BCUT2D eigenvalue weighted by atomic mass is 9.74. The van der Waals surface area contributed by atoms with Crippen LogP contribution in [0.3, 0.4) is 0 Å². The lowest BCUT2D eigenvalue weighted by molar-refractivity contribution is -0.129. The van der Waals surface area contributed by atoms with Gasteiger partial charge in [0.05, 0.1) is 26.4 Å². The number of rotatable bonds is 4. The quantitative estimate of drug-likeness (QED) is 0.690. The van der Waals surface area contributed by atoms with Crippen LogP contribution in [-0.2, 0) is 4.79 Å². The zero-order chi connectivity index (χ0) is 20.9. The van der Waals surface area contributed by atoms with E-state index in [4.69, 9.17) is 25.8 Å². The molecule has 4 rings (SSSR count). The van der Waals surface area contributed by atoms with Crippen molar-refractivity contribution in [2.45, 2.75) is 31.1 Å². The molecule has 0 unspecified atom stereocenters. The van der Waals surface area contributed by atoms with Crippen molar-refractivity contribution in [2.24, 2.45) is 5.92 Å². The molecule has 0 saturated carbocycles. The Morgan fingerprint density at radius 1 is 1.28 bits per heavy atom. The number of carbonyl (C=O) groups is 2. The van der Waals surface area contributed by atoms with Crippen molar-refractivity contribution in [3.63, 3.8) is 0 Å². The Kier molecular flexibility index (Phi) is 5.21. The summed E-state index contributed by atoms with van der Waals surface area (Å²) in [6.07, 6.45) is 1.37. The summed E-state index contributed by atoms with van der Waals surface area (Å²) in [5.74, 6) is 0.738. The first-order chi connectivity index (χ1) is 13.8. The third-order valence-electron chi connectivity index (χ3n) is 5.73. The first-order valence-electron chi connectivity index (χ1n) is 9.29. The van der Waals surface area contributed by atoms with Crippen LogP contribution in [0.5, 0.6) is 17.2 Å². The van der Waals surface area contributed by atoms with Gasteiger partial charge in [-0.3, -0.25) is 9.59 Å². The number of hydrogen-bond donors (Lipinski definition) is 2. The van der Waals surface area contributed by atoms with E-state index >= 15 is 0 Å². The van der Waals surface area contributed by atoms with Crippen LogP contribution in [0, 0.1) is 5.92 Å². The monoisotopic (exact) mass is 439 g/mol. The molecule has 1 aromatic rings. The van der Waals surface area contributed by atoms with Gasteiger partial charge in [-0.05, 0) is 6.42 Å². The van der Waals surface area contributed by atoms with E-state index in [0.717, 1.165) is 5.75 Å². The summed E-state index contributed by atoms with van der Waals surface area (Å²) in [7, 11) is 2.88. The molecule has 1 spiro atoms. The number of thioether (sulfide) groups is 1. The number of nitrogens with one attached hydrogen (secondary N) is 1. The SMILES string of the molecule is COc1cc(OC)c2c(c1Cl)O[C@@]1(C(=O)C=C(N[C@H]3CSC[C@@H]3O)C[C@H]1C)C2=O. The fourth-order valence-electron chi connectivity index (χ4n) is 4.15. The first-order valence-corrected chi connectivity index (χ1v) is 10.8. The molecule has 2 aliphatic heterocycles. The molecule has 9 heteroatoms. The van der Waals surface area contributed by atoms with E-state index in [1.807, 2.05) is 0 Å². The van der Waals surface area contributed by atoms with E-state index < -0.39 is 29.2 Å². The number of methoxy groups -OCH3 is 2. The van der Waals surface area contributed by atoms with E-state index in [0.29, 0.717) is 23.6 Å². The van der Waals surface area contributed by atoms with Gasteiger partial charge in [0.25, 0.3) is 0 Å². The predicted octanol–water partition coefficient (Wildman–Crippen LogP) is 2.23. The highest BCUT2D eigenvalue weighted by Crippen LogP contribution is 2.52. The number of carbonyl (C=O) groups excluding carboxylic acids is 2. The molecule has 2 heterocycles. The maximum absolute atomic E-state index is 13.4. The van der Waals surface area contributed by atoms with Gasteiger partial charge in [-0.15, -0.1) is 0 Å². The number of ketones is 2. The van der Waals surface area contributed by atoms with E-state index in [-0.39, 0.29) is 28.1 Å². The maximum atomic E-state index is 13.4. The Balaban J connectivity index is 1.71. The van der Waals surface area contributed by atoms with Crippen LogP contribution in [-0.4, -0.2) is 60.1 Å². The smallest absolute Gasteiger partial charge is 0.236 e. The summed E-state index contributed by atoms with van der Waals surface area (Å²) in [5, 5.41) is 13.4. The van der Waals surface area contributed by atoms with Gasteiger partial charge in [-0.25, -0.2) is 0 Å². The predicted molar refractivity (Wildman–Crippen MR) is 109 cm³/mol. The fourth-order valence-corrected chi connectivity index (χ4v) is 5.58. The molecule has 3 aliphatic rings. The molecule has 0 amide bonds. The van der Waals surface area contributed by atoms with Crippen LogP contribution in [0.15, 0.2) is 17.8 Å². The molecule has 7 nitrogen and oxygen atoms in total. The van der Waals surface area contributed by atoms with Gasteiger partial charge in [-0.1, -0.05) is 18.5 Å². The minimum atomic E-state index is -1.68. The van der Waals surface area contributed by atoms with Crippen LogP contribution in [0.4, 0.5) is 0 Å². The minimum absolute atomic E-state index is 0.112. The highest BCUT2D eigenvalue weighted by molar-refractivity contribution is 7.99. The average molecular weight is 440 g/mol. The lowest BCUT2D eigenvalue weighted by Crippen LogP contribution is -2.56. The molecule has 2 N–H and O–H groups in total. The van der Waals surface area contributed by atoms with Crippen LogP contribution in [0.1, 0.15) is 23.7 Å². The van der Waals surface area contributed by atoms with Gasteiger partial charge >= 0.3 is 0 Å². The van der Waals surface area contributed by atoms with Crippen molar-refractivity contribution in [1.82, 2.24) is 5.32 Å². The van der Waals surface area contributed by atoms with Crippen LogP contribution >= 0.6 is 23.4 Å². The first kappa shape index (κ1) is 20.4. The van der Waals surface area contributed by atoms with Crippen LogP contribution < -0.4 is 19.5 Å². The van der Waals surface area contributed by atoms with Gasteiger partial charge in [0.15, 0.2) is 5.75 Å². The van der Waals surface area contributed by atoms with Crippen molar-refractivity contribution in [3.8, 4) is 17.2 Å². The van der Waals surface area contributed by atoms with E-state index in [1.54, 1.807) is 18.7 Å². The third kappa shape index (κ3) is 3.00. The largest absolute Gasteiger partial charge is 0.496 e. The number of benzene rings is 1. The molecule has 0 radical (unpaired) electrons. The summed E-state index contributed by atoms with van der Waals surface area (Å²) in [4.78, 5) is 26.6. The van der Waals surface area contributed by atoms with Crippen molar-refractivity contribution in [2.75, 3.05) is 25.7 Å². The molecule has 156 valence electrons. The van der Waals surface area contributed by atoms with Gasteiger partial charge in [0.1, 0.15) is 22.1 Å². The average Bonchev–Trinajstić information content (AvgIpc) is 3.23. The summed E-state index contributed by atoms with van der Waals surface area (Å²) < 4.78 is 16.6. The summed E-state index contributed by atoms with van der Waals surface area (Å²) >= 11 is 8.03. The summed E-state index contributed by atoms with van der Waals surface area (Å²) in [6, 6.07) is 1.40. The van der Waals surface area contributed by atoms with Crippen molar-refractivity contribution >= 4 is 34.9 Å². The summed E-state index contributed by atoms with van der Waals surface area (Å²) in [6.45, 7) is 1.80. The Morgan fingerprint density at radius 2 is 2.00 bits per heavy atom. The number of aliphatic hydroxyl groups excluding tert-OH is 1. The molecule has 1 aromatic carbocycles. The van der Waals surface area contributed by atoms with Gasteiger partial charge in [-0.2, -0.15) is 11.8 Å². The Bertz CT molecular complexity index is 919. The number of aliphatic hydroxyl groups is 1. The number of fused-ring (bicyclic) bond motifs is 1. The second-order valence-corrected chi connectivity index (χ2v) is 8.91. The molecule has 29 heavy (non-hydrogen) atoms. The molecule has 0 bridgehead atoms. The molecule has 1 aliphatic carbocycles. The van der Waals surface area contributed by atoms with Crippen LogP contribution in [0.2, 0.25) is 5.02 Å².